The molecule has 2 aromatic rings. The lowest BCUT2D eigenvalue weighted by molar-refractivity contribution is -0.118. The number of hydrogen-bond donors (Lipinski definition) is 2. The molecule has 0 spiro atoms. The van der Waals surface area contributed by atoms with Crippen molar-refractivity contribution in [1.82, 2.24) is 4.98 Å². The number of pyridine rings is 1. The molecule has 1 aromatic heterocycles. The zero-order chi connectivity index (χ0) is 17.5. The summed E-state index contributed by atoms with van der Waals surface area (Å²) < 4.78 is 11.1. The number of methoxy groups -OCH3 is 1. The van der Waals surface area contributed by atoms with Gasteiger partial charge in [-0.15, -0.1) is 0 Å². The standard InChI is InChI=1S/C18H23N3O3/c1-12(2)17(19)18(22)21-14-6-7-15(23-3)16(9-14)24-11-13-5-4-8-20-10-13/h4-10,12,17H,11,19H2,1-3H3,(H,21,22). The maximum atomic E-state index is 12.1. The largest absolute Gasteiger partial charge is 0.493 e. The first-order valence-corrected chi connectivity index (χ1v) is 7.77. The smallest absolute Gasteiger partial charge is 0.241 e. The topological polar surface area (TPSA) is 86.5 Å². The Bertz CT molecular complexity index is 674. The fraction of sp³-hybridized carbons (Fsp3) is 0.333. The molecule has 6 nitrogen and oxygen atoms in total. The van der Waals surface area contributed by atoms with Gasteiger partial charge in [-0.1, -0.05) is 19.9 Å². The van der Waals surface area contributed by atoms with Crippen LogP contribution in [0.15, 0.2) is 42.7 Å². The molecule has 0 fully saturated rings. The second-order valence-electron chi connectivity index (χ2n) is 5.77. The van der Waals surface area contributed by atoms with Crippen molar-refractivity contribution < 1.29 is 14.3 Å². The molecule has 0 aliphatic rings. The molecule has 0 saturated heterocycles. The van der Waals surface area contributed by atoms with E-state index in [-0.39, 0.29) is 11.8 Å². The summed E-state index contributed by atoms with van der Waals surface area (Å²) in [4.78, 5) is 16.1. The van der Waals surface area contributed by atoms with Crippen LogP contribution in [0.5, 0.6) is 11.5 Å². The van der Waals surface area contributed by atoms with Gasteiger partial charge in [-0.25, -0.2) is 0 Å². The number of rotatable bonds is 7. The average molecular weight is 329 g/mol. The van der Waals surface area contributed by atoms with E-state index in [2.05, 4.69) is 10.3 Å². The third-order valence-corrected chi connectivity index (χ3v) is 3.57. The normalized spacial score (nSPS) is 11.9. The van der Waals surface area contributed by atoms with Gasteiger partial charge in [-0.2, -0.15) is 0 Å². The van der Waals surface area contributed by atoms with Crippen LogP contribution < -0.4 is 20.5 Å². The molecule has 6 heteroatoms. The van der Waals surface area contributed by atoms with Gasteiger partial charge in [-0.05, 0) is 24.1 Å². The van der Waals surface area contributed by atoms with Gasteiger partial charge < -0.3 is 20.5 Å². The number of carbonyl (C=O) groups is 1. The van der Waals surface area contributed by atoms with Crippen molar-refractivity contribution in [3.05, 3.63) is 48.3 Å². The number of aromatic nitrogens is 1. The molecule has 2 rings (SSSR count). The molecule has 1 aromatic carbocycles. The molecular weight excluding hydrogens is 306 g/mol. The van der Waals surface area contributed by atoms with E-state index in [1.807, 2.05) is 26.0 Å². The van der Waals surface area contributed by atoms with Gasteiger partial charge in [0.1, 0.15) is 6.61 Å². The quantitative estimate of drug-likeness (QED) is 0.815. The minimum absolute atomic E-state index is 0.0598. The number of nitrogens with zero attached hydrogens (tertiary/aromatic N) is 1. The molecule has 1 atom stereocenters. The third kappa shape index (κ3) is 4.70. The summed E-state index contributed by atoms with van der Waals surface area (Å²) in [6.45, 7) is 4.16. The summed E-state index contributed by atoms with van der Waals surface area (Å²) in [6.07, 6.45) is 3.44. The van der Waals surface area contributed by atoms with Crippen LogP contribution in [0.3, 0.4) is 0 Å². The molecule has 0 bridgehead atoms. The van der Waals surface area contributed by atoms with Crippen molar-refractivity contribution in [3.63, 3.8) is 0 Å². The van der Waals surface area contributed by atoms with E-state index in [1.165, 1.54) is 0 Å². The number of ether oxygens (including phenoxy) is 2. The van der Waals surface area contributed by atoms with Crippen molar-refractivity contribution in [3.8, 4) is 11.5 Å². The van der Waals surface area contributed by atoms with Crippen molar-refractivity contribution in [1.29, 1.82) is 0 Å². The van der Waals surface area contributed by atoms with Gasteiger partial charge in [0.2, 0.25) is 5.91 Å². The number of carbonyl (C=O) groups excluding carboxylic acids is 1. The Morgan fingerprint density at radius 1 is 1.29 bits per heavy atom. The summed E-state index contributed by atoms with van der Waals surface area (Å²) in [6, 6.07) is 8.43. The summed E-state index contributed by atoms with van der Waals surface area (Å²) >= 11 is 0. The highest BCUT2D eigenvalue weighted by atomic mass is 16.5. The first-order chi connectivity index (χ1) is 11.5. The molecule has 1 amide bonds. The maximum Gasteiger partial charge on any atom is 0.241 e. The first kappa shape index (κ1) is 17.7. The molecular formula is C18H23N3O3. The van der Waals surface area contributed by atoms with Gasteiger partial charge in [0.15, 0.2) is 11.5 Å². The summed E-state index contributed by atoms with van der Waals surface area (Å²) in [5.74, 6) is 0.959. The SMILES string of the molecule is COc1ccc(NC(=O)C(N)C(C)C)cc1OCc1cccnc1. The van der Waals surface area contributed by atoms with E-state index in [0.717, 1.165) is 5.56 Å². The van der Waals surface area contributed by atoms with E-state index >= 15 is 0 Å². The second-order valence-corrected chi connectivity index (χ2v) is 5.77. The molecule has 0 aliphatic carbocycles. The molecule has 3 N–H and O–H groups in total. The van der Waals surface area contributed by atoms with E-state index < -0.39 is 6.04 Å². The summed E-state index contributed by atoms with van der Waals surface area (Å²) in [7, 11) is 1.57. The highest BCUT2D eigenvalue weighted by Crippen LogP contribution is 2.31. The zero-order valence-corrected chi connectivity index (χ0v) is 14.2. The van der Waals surface area contributed by atoms with Crippen molar-refractivity contribution in [2.45, 2.75) is 26.5 Å². The molecule has 0 aliphatic heterocycles. The van der Waals surface area contributed by atoms with Gasteiger partial charge in [0.05, 0.1) is 13.2 Å². The first-order valence-electron chi connectivity index (χ1n) is 7.77. The number of amides is 1. The maximum absolute atomic E-state index is 12.1. The zero-order valence-electron chi connectivity index (χ0n) is 14.2. The monoisotopic (exact) mass is 329 g/mol. The Morgan fingerprint density at radius 2 is 2.08 bits per heavy atom. The van der Waals surface area contributed by atoms with Crippen LogP contribution in [0.2, 0.25) is 0 Å². The number of anilines is 1. The predicted molar refractivity (Wildman–Crippen MR) is 93.0 cm³/mol. The van der Waals surface area contributed by atoms with E-state index in [9.17, 15) is 4.79 Å². The van der Waals surface area contributed by atoms with Crippen LogP contribution in [-0.2, 0) is 11.4 Å². The molecule has 0 radical (unpaired) electrons. The molecule has 1 heterocycles. The number of nitrogens with two attached hydrogens (primary N) is 1. The highest BCUT2D eigenvalue weighted by molar-refractivity contribution is 5.95. The van der Waals surface area contributed by atoms with Crippen LogP contribution in [0.1, 0.15) is 19.4 Å². The molecule has 1 unspecified atom stereocenters. The number of nitrogens with one attached hydrogen (secondary N) is 1. The van der Waals surface area contributed by atoms with Crippen LogP contribution in [0.25, 0.3) is 0 Å². The Labute approximate surface area is 142 Å². The Balaban J connectivity index is 2.10. The minimum atomic E-state index is -0.563. The van der Waals surface area contributed by atoms with Crippen molar-refractivity contribution >= 4 is 11.6 Å². The van der Waals surface area contributed by atoms with Gasteiger partial charge in [-0.3, -0.25) is 9.78 Å². The Hall–Kier alpha value is -2.60. The van der Waals surface area contributed by atoms with Gasteiger partial charge in [0.25, 0.3) is 0 Å². The molecule has 0 saturated carbocycles. The highest BCUT2D eigenvalue weighted by Gasteiger charge is 2.18. The van der Waals surface area contributed by atoms with Crippen molar-refractivity contribution in [2.75, 3.05) is 12.4 Å². The Kier molecular flexibility index (Phi) is 6.14. The summed E-state index contributed by atoms with van der Waals surface area (Å²) in [5, 5.41) is 2.80. The summed E-state index contributed by atoms with van der Waals surface area (Å²) in [5.41, 5.74) is 7.41. The molecule has 24 heavy (non-hydrogen) atoms. The van der Waals surface area contributed by atoms with Crippen molar-refractivity contribution in [2.24, 2.45) is 11.7 Å². The lowest BCUT2D eigenvalue weighted by Crippen LogP contribution is -2.39. The lowest BCUT2D eigenvalue weighted by Gasteiger charge is -2.17. The van der Waals surface area contributed by atoms with Crippen LogP contribution in [0, 0.1) is 5.92 Å². The van der Waals surface area contributed by atoms with Crippen LogP contribution in [-0.4, -0.2) is 24.0 Å². The predicted octanol–water partition coefficient (Wildman–Crippen LogP) is 2.59. The number of benzene rings is 1. The minimum Gasteiger partial charge on any atom is -0.493 e. The lowest BCUT2D eigenvalue weighted by atomic mass is 10.0. The van der Waals surface area contributed by atoms with Crippen LogP contribution >= 0.6 is 0 Å². The van der Waals surface area contributed by atoms with E-state index in [4.69, 9.17) is 15.2 Å². The van der Waals surface area contributed by atoms with Gasteiger partial charge in [0, 0.05) is 29.7 Å². The van der Waals surface area contributed by atoms with E-state index in [1.54, 1.807) is 37.7 Å². The third-order valence-electron chi connectivity index (χ3n) is 3.57. The fourth-order valence-electron chi connectivity index (χ4n) is 2.04. The Morgan fingerprint density at radius 3 is 2.71 bits per heavy atom. The van der Waals surface area contributed by atoms with Gasteiger partial charge >= 0.3 is 0 Å². The van der Waals surface area contributed by atoms with Crippen LogP contribution in [0.4, 0.5) is 5.69 Å². The average Bonchev–Trinajstić information content (AvgIpc) is 2.60. The number of hydrogen-bond acceptors (Lipinski definition) is 5. The van der Waals surface area contributed by atoms with E-state index in [0.29, 0.717) is 23.8 Å². The fourth-order valence-corrected chi connectivity index (χ4v) is 2.04. The molecule has 128 valence electrons. The second kappa shape index (κ2) is 8.31.